The summed E-state index contributed by atoms with van der Waals surface area (Å²) < 4.78 is 37.7. The maximum Gasteiger partial charge on any atom is 2.00 e. The van der Waals surface area contributed by atoms with Crippen LogP contribution in [0.5, 0.6) is 11.5 Å². The molecular formula is C32H42F2N4O5W. The third-order valence-electron chi connectivity index (χ3n) is 6.90. The smallest absolute Gasteiger partial charge is 0.560 e. The number of guanidine groups is 1. The molecule has 9 nitrogen and oxygen atoms in total. The molecule has 0 aliphatic carbocycles. The summed E-state index contributed by atoms with van der Waals surface area (Å²) >= 11 is 0. The summed E-state index contributed by atoms with van der Waals surface area (Å²) in [6.45, 7) is 10.9. The number of nitrogens with zero attached hydrogens (tertiary/aromatic N) is 1. The zero-order chi connectivity index (χ0) is 31.7. The first-order valence-electron chi connectivity index (χ1n) is 14.5. The minimum absolute atomic E-state index is 0. The van der Waals surface area contributed by atoms with Crippen LogP contribution in [0, 0.1) is 13.0 Å². The number of hydrogen-bond acceptors (Lipinski definition) is 7. The van der Waals surface area contributed by atoms with Crippen molar-refractivity contribution in [3.8, 4) is 11.5 Å². The number of amides is 2. The number of nitrogens with one attached hydrogen (secondary N) is 2. The van der Waals surface area contributed by atoms with Crippen LogP contribution in [-0.4, -0.2) is 54.0 Å². The average Bonchev–Trinajstić information content (AvgIpc) is 2.97. The molecule has 0 saturated heterocycles. The van der Waals surface area contributed by atoms with Crippen LogP contribution in [0.15, 0.2) is 41.4 Å². The summed E-state index contributed by atoms with van der Waals surface area (Å²) in [5.74, 6) is 1.31. The SMILES string of the molecule is CC.CC1(C)CC(NC(=O)c2ccc3c(c2)CCCO3)c2cc(C[C-](O)C(F)CF)ccc2O1.[CH2-]C1CC(=O)NC(N)=N1.[W+2]. The molecule has 0 radical (unpaired) electrons. The van der Waals surface area contributed by atoms with Gasteiger partial charge in [0.1, 0.15) is 17.1 Å². The van der Waals surface area contributed by atoms with Gasteiger partial charge in [-0.1, -0.05) is 37.6 Å². The van der Waals surface area contributed by atoms with Crippen molar-refractivity contribution >= 4 is 17.8 Å². The Morgan fingerprint density at radius 1 is 1.27 bits per heavy atom. The van der Waals surface area contributed by atoms with Gasteiger partial charge < -0.3 is 32.6 Å². The number of rotatable bonds is 6. The number of nitrogens with two attached hydrogens (primary N) is 1. The number of carbonyl (C=O) groups is 2. The van der Waals surface area contributed by atoms with Gasteiger partial charge in [0.15, 0.2) is 5.96 Å². The number of aliphatic hydroxyl groups is 1. The number of carbonyl (C=O) groups excluding carboxylic acids is 2. The predicted molar refractivity (Wildman–Crippen MR) is 161 cm³/mol. The van der Waals surface area contributed by atoms with Gasteiger partial charge in [-0.15, -0.1) is 6.42 Å². The molecule has 0 aromatic heterocycles. The fourth-order valence-electron chi connectivity index (χ4n) is 4.98. The quantitative estimate of drug-likeness (QED) is 0.310. The Hall–Kier alpha value is -3.04. The fraction of sp³-hybridized carbons (Fsp3) is 0.469. The van der Waals surface area contributed by atoms with E-state index in [9.17, 15) is 23.5 Å². The van der Waals surface area contributed by atoms with Crippen molar-refractivity contribution in [3.63, 3.8) is 0 Å². The topological polar surface area (TPSA) is 135 Å². The number of hydrogen-bond donors (Lipinski definition) is 4. The predicted octanol–water partition coefficient (Wildman–Crippen LogP) is 4.85. The van der Waals surface area contributed by atoms with Crippen molar-refractivity contribution in [2.24, 2.45) is 10.7 Å². The number of ether oxygens (including phenoxy) is 2. The van der Waals surface area contributed by atoms with Crippen LogP contribution in [0.1, 0.15) is 80.0 Å². The van der Waals surface area contributed by atoms with E-state index in [1.54, 1.807) is 24.3 Å². The van der Waals surface area contributed by atoms with Gasteiger partial charge in [0, 0.05) is 30.1 Å². The molecule has 44 heavy (non-hydrogen) atoms. The van der Waals surface area contributed by atoms with E-state index in [1.165, 1.54) is 0 Å². The van der Waals surface area contributed by atoms with Gasteiger partial charge in [0.25, 0.3) is 5.91 Å². The first-order valence-corrected chi connectivity index (χ1v) is 14.5. The van der Waals surface area contributed by atoms with Crippen LogP contribution in [0.3, 0.4) is 0 Å². The van der Waals surface area contributed by atoms with Crippen molar-refractivity contribution in [2.75, 3.05) is 13.3 Å². The van der Waals surface area contributed by atoms with Crippen LogP contribution in [0.25, 0.3) is 0 Å². The van der Waals surface area contributed by atoms with Crippen molar-refractivity contribution in [1.29, 1.82) is 0 Å². The van der Waals surface area contributed by atoms with Gasteiger partial charge in [-0.05, 0) is 56.5 Å². The molecule has 5 N–H and O–H groups in total. The molecule has 2 aromatic carbocycles. The zero-order valence-electron chi connectivity index (χ0n) is 25.6. The van der Waals surface area contributed by atoms with E-state index in [2.05, 4.69) is 22.5 Å². The number of fused-ring (bicyclic) bond motifs is 2. The van der Waals surface area contributed by atoms with E-state index in [1.807, 2.05) is 39.8 Å². The van der Waals surface area contributed by atoms with Crippen molar-refractivity contribution < 1.29 is 54.0 Å². The van der Waals surface area contributed by atoms with Crippen LogP contribution >= 0.6 is 0 Å². The molecule has 0 bridgehead atoms. The van der Waals surface area contributed by atoms with E-state index in [0.29, 0.717) is 36.3 Å². The van der Waals surface area contributed by atoms with E-state index in [4.69, 9.17) is 15.2 Å². The molecule has 3 heterocycles. The standard InChI is InChI=1S/C25H28F2NO4.C5H8N3O.C2H6.W/c1-25(2)13-20(28-24(30)17-6-8-22-16(12-17)4-3-9-31-22)18-10-15(5-7-23(18)32-25)11-21(29)19(27)14-26;1-3-2-4(9)8-5(6)7-3;1-2;/h5-8,10,12,19-20,29H,3-4,9,11,13-14H2,1-2H3,(H,28,30);3H,1-2H2,(H3,6,7,8,9);1-2H3;/q2*-1;;+2. The maximum absolute atomic E-state index is 13.5. The fourth-order valence-corrected chi connectivity index (χ4v) is 4.98. The van der Waals surface area contributed by atoms with E-state index >= 15 is 0 Å². The van der Waals surface area contributed by atoms with Crippen molar-refractivity contribution in [2.45, 2.75) is 83.7 Å². The second-order valence-electron chi connectivity index (χ2n) is 10.9. The number of halogens is 2. The summed E-state index contributed by atoms with van der Waals surface area (Å²) in [7, 11) is 0. The Kier molecular flexibility index (Phi) is 14.2. The Labute approximate surface area is 272 Å². The summed E-state index contributed by atoms with van der Waals surface area (Å²) in [6.07, 6.45) is 0.00451. The maximum atomic E-state index is 13.5. The summed E-state index contributed by atoms with van der Waals surface area (Å²) in [5.41, 5.74) is 7.65. The number of alkyl halides is 2. The second-order valence-corrected chi connectivity index (χ2v) is 10.9. The molecule has 3 unspecified atom stereocenters. The Morgan fingerprint density at radius 3 is 2.64 bits per heavy atom. The van der Waals surface area contributed by atoms with Gasteiger partial charge >= 0.3 is 21.1 Å². The molecule has 2 amide bonds. The van der Waals surface area contributed by atoms with Gasteiger partial charge in [-0.2, -0.15) is 6.10 Å². The third-order valence-corrected chi connectivity index (χ3v) is 6.90. The summed E-state index contributed by atoms with van der Waals surface area (Å²) in [5, 5.41) is 15.3. The van der Waals surface area contributed by atoms with Crippen molar-refractivity contribution in [1.82, 2.24) is 10.6 Å². The minimum atomic E-state index is -2.01. The largest absolute Gasteiger partial charge is 2.00 e. The first-order chi connectivity index (χ1) is 20.4. The number of benzene rings is 2. The monoisotopic (exact) mass is 784 g/mol. The molecule has 3 aliphatic rings. The Morgan fingerprint density at radius 2 is 1.98 bits per heavy atom. The third kappa shape index (κ3) is 10.3. The molecule has 3 aliphatic heterocycles. The Bertz CT molecular complexity index is 1310. The minimum Gasteiger partial charge on any atom is -0.560 e. The molecule has 0 spiro atoms. The molecule has 12 heteroatoms. The first kappa shape index (κ1) is 37.1. The zero-order valence-corrected chi connectivity index (χ0v) is 28.6. The number of aliphatic hydroxyl groups excluding tert-OH is 1. The van der Waals surface area contributed by atoms with Gasteiger partial charge in [0.2, 0.25) is 5.91 Å². The molecule has 2 aromatic rings. The summed E-state index contributed by atoms with van der Waals surface area (Å²) in [4.78, 5) is 27.4. The Balaban J connectivity index is 0.000000480. The number of aliphatic imine (C=N–C) groups is 1. The average molecular weight is 785 g/mol. The normalized spacial score (nSPS) is 20.1. The van der Waals surface area contributed by atoms with E-state index in [0.717, 1.165) is 29.7 Å². The molecule has 0 saturated carbocycles. The van der Waals surface area contributed by atoms with Crippen LogP contribution in [-0.2, 0) is 38.7 Å². The van der Waals surface area contributed by atoms with Gasteiger partial charge in [-0.25, -0.2) is 0 Å². The number of aryl methyl sites for hydroxylation is 1. The van der Waals surface area contributed by atoms with Crippen LogP contribution in [0.2, 0.25) is 0 Å². The van der Waals surface area contributed by atoms with Crippen LogP contribution < -0.4 is 25.8 Å². The molecule has 5 rings (SSSR count). The van der Waals surface area contributed by atoms with E-state index < -0.39 is 24.6 Å². The molecular weight excluding hydrogens is 742 g/mol. The second kappa shape index (κ2) is 16.9. The van der Waals surface area contributed by atoms with Crippen molar-refractivity contribution in [3.05, 3.63) is 71.7 Å². The van der Waals surface area contributed by atoms with Gasteiger partial charge in [-0.3, -0.25) is 28.7 Å². The summed E-state index contributed by atoms with van der Waals surface area (Å²) in [6, 6.07) is 10.2. The van der Waals surface area contributed by atoms with Gasteiger partial charge in [0.05, 0.1) is 19.3 Å². The van der Waals surface area contributed by atoms with Crippen LogP contribution in [0.4, 0.5) is 8.78 Å². The molecule has 0 fully saturated rings. The molecule has 3 atom stereocenters. The molecule has 240 valence electrons. The van der Waals surface area contributed by atoms with E-state index in [-0.39, 0.29) is 57.3 Å².